The van der Waals surface area contributed by atoms with Crippen molar-refractivity contribution < 1.29 is 14.0 Å². The topological polar surface area (TPSA) is 112 Å². The van der Waals surface area contributed by atoms with Crippen molar-refractivity contribution in [3.63, 3.8) is 0 Å². The van der Waals surface area contributed by atoms with Crippen molar-refractivity contribution in [2.24, 2.45) is 0 Å². The number of hydrogen-bond donors (Lipinski definition) is 1. The van der Waals surface area contributed by atoms with Crippen molar-refractivity contribution in [2.75, 3.05) is 0 Å². The van der Waals surface area contributed by atoms with Crippen LogP contribution in [0.3, 0.4) is 0 Å². The Balaban J connectivity index is 1.37. The molecule has 1 saturated heterocycles. The maximum atomic E-state index is 14.4. The molecule has 0 spiro atoms. The molecule has 1 N–H and O–H groups in total. The molecular formula is C37H40N4O5. The van der Waals surface area contributed by atoms with Gasteiger partial charge in [-0.3, -0.25) is 18.9 Å². The first-order valence-electron chi connectivity index (χ1n) is 16.1. The summed E-state index contributed by atoms with van der Waals surface area (Å²) < 4.78 is 18.7. The summed E-state index contributed by atoms with van der Waals surface area (Å²) in [6, 6.07) is 23.6. The highest BCUT2D eigenvalue weighted by atomic mass is 16.5. The largest absolute Gasteiger partial charge is 0.490 e. The first kappa shape index (κ1) is 31.2. The molecule has 2 aromatic heterocycles. The van der Waals surface area contributed by atoms with Crippen molar-refractivity contribution in [2.45, 2.75) is 84.5 Å². The van der Waals surface area contributed by atoms with E-state index in [0.29, 0.717) is 36.2 Å². The minimum absolute atomic E-state index is 0.0837. The van der Waals surface area contributed by atoms with Gasteiger partial charge in [-0.2, -0.15) is 0 Å². The lowest BCUT2D eigenvalue weighted by Crippen LogP contribution is -2.35. The molecule has 0 radical (unpaired) electrons. The molecule has 1 aliphatic rings. The van der Waals surface area contributed by atoms with E-state index in [1.54, 1.807) is 4.57 Å². The van der Waals surface area contributed by atoms with Crippen LogP contribution in [0.15, 0.2) is 86.9 Å². The van der Waals surface area contributed by atoms with E-state index in [0.717, 1.165) is 58.9 Å². The predicted octanol–water partition coefficient (Wildman–Crippen LogP) is 6.68. The molecule has 5 aromatic rings. The number of ether oxygens (including phenoxy) is 2. The number of aromatic nitrogens is 4. The molecule has 238 valence electrons. The number of nitrogens with zero attached hydrogens (tertiary/aromatic N) is 3. The van der Waals surface area contributed by atoms with Gasteiger partial charge >= 0.3 is 5.76 Å². The van der Waals surface area contributed by atoms with Crippen molar-refractivity contribution >= 4 is 0 Å². The molecule has 6 rings (SSSR count). The van der Waals surface area contributed by atoms with Crippen LogP contribution in [-0.4, -0.2) is 38.0 Å². The van der Waals surface area contributed by atoms with Crippen molar-refractivity contribution in [3.05, 3.63) is 116 Å². The number of hydrogen-bond acceptors (Lipinski definition) is 7. The number of benzene rings is 3. The second kappa shape index (κ2) is 13.7. The monoisotopic (exact) mass is 620 g/mol. The Morgan fingerprint density at radius 1 is 0.935 bits per heavy atom. The van der Waals surface area contributed by atoms with Crippen LogP contribution in [0.1, 0.15) is 69.6 Å². The van der Waals surface area contributed by atoms with E-state index in [2.05, 4.69) is 30.9 Å². The second-order valence-electron chi connectivity index (χ2n) is 12.0. The van der Waals surface area contributed by atoms with Crippen LogP contribution < -0.4 is 16.1 Å². The Bertz CT molecular complexity index is 1900. The molecular weight excluding hydrogens is 580 g/mol. The molecule has 46 heavy (non-hydrogen) atoms. The van der Waals surface area contributed by atoms with E-state index in [1.807, 2.05) is 79.7 Å². The first-order chi connectivity index (χ1) is 22.3. The SMILES string of the molecule is CCCc1nc(CC)n(-c2ccc(OC3CC(C)OC(C)C3)cc2)c(=O)c1Cc1ccc(-c2ccccc2)c(-c2noc(=O)[nH]2)c1. The fourth-order valence-electron chi connectivity index (χ4n) is 6.40. The lowest BCUT2D eigenvalue weighted by atomic mass is 9.94. The molecule has 9 heteroatoms. The number of aromatic amines is 1. The predicted molar refractivity (Wildman–Crippen MR) is 178 cm³/mol. The molecule has 0 bridgehead atoms. The molecule has 1 fully saturated rings. The minimum atomic E-state index is -0.625. The van der Waals surface area contributed by atoms with Gasteiger partial charge in [0, 0.05) is 36.8 Å². The number of aryl methyl sites for hydroxylation is 2. The van der Waals surface area contributed by atoms with Crippen LogP contribution in [0.2, 0.25) is 0 Å². The summed E-state index contributed by atoms with van der Waals surface area (Å²) in [5.74, 6) is 1.20. The molecule has 3 aromatic carbocycles. The Kier molecular flexibility index (Phi) is 9.30. The van der Waals surface area contributed by atoms with Crippen LogP contribution >= 0.6 is 0 Å². The van der Waals surface area contributed by atoms with Gasteiger partial charge in [0.05, 0.1) is 23.6 Å². The smallest absolute Gasteiger partial charge is 0.439 e. The molecule has 0 aliphatic carbocycles. The molecule has 0 amide bonds. The van der Waals surface area contributed by atoms with Gasteiger partial charge < -0.3 is 9.47 Å². The lowest BCUT2D eigenvalue weighted by Gasteiger charge is -2.32. The molecule has 2 atom stereocenters. The van der Waals surface area contributed by atoms with Crippen LogP contribution in [0.25, 0.3) is 28.2 Å². The quantitative estimate of drug-likeness (QED) is 0.185. The zero-order valence-corrected chi connectivity index (χ0v) is 26.8. The summed E-state index contributed by atoms with van der Waals surface area (Å²) in [4.78, 5) is 34.0. The molecule has 3 heterocycles. The summed E-state index contributed by atoms with van der Waals surface area (Å²) >= 11 is 0. The van der Waals surface area contributed by atoms with E-state index >= 15 is 0 Å². The maximum Gasteiger partial charge on any atom is 0.439 e. The third kappa shape index (κ3) is 6.74. The van der Waals surface area contributed by atoms with Gasteiger partial charge in [0.25, 0.3) is 5.56 Å². The highest BCUT2D eigenvalue weighted by Crippen LogP contribution is 2.32. The van der Waals surface area contributed by atoms with Crippen LogP contribution in [0, 0.1) is 0 Å². The highest BCUT2D eigenvalue weighted by molar-refractivity contribution is 5.81. The van der Waals surface area contributed by atoms with E-state index in [4.69, 9.17) is 19.0 Å². The van der Waals surface area contributed by atoms with Gasteiger partial charge in [0.1, 0.15) is 17.7 Å². The van der Waals surface area contributed by atoms with Crippen LogP contribution in [-0.2, 0) is 24.0 Å². The van der Waals surface area contributed by atoms with Crippen LogP contribution in [0.4, 0.5) is 0 Å². The van der Waals surface area contributed by atoms with E-state index < -0.39 is 5.76 Å². The average Bonchev–Trinajstić information content (AvgIpc) is 3.49. The summed E-state index contributed by atoms with van der Waals surface area (Å²) in [6.07, 6.45) is 4.64. The molecule has 1 aliphatic heterocycles. The third-order valence-corrected chi connectivity index (χ3v) is 8.43. The van der Waals surface area contributed by atoms with Gasteiger partial charge in [-0.1, -0.05) is 67.9 Å². The number of H-pyrrole nitrogens is 1. The van der Waals surface area contributed by atoms with Gasteiger partial charge in [0.2, 0.25) is 0 Å². The number of rotatable bonds is 10. The summed E-state index contributed by atoms with van der Waals surface area (Å²) in [6.45, 7) is 8.27. The fourth-order valence-corrected chi connectivity index (χ4v) is 6.40. The maximum absolute atomic E-state index is 14.4. The van der Waals surface area contributed by atoms with Crippen molar-refractivity contribution in [1.29, 1.82) is 0 Å². The molecule has 2 unspecified atom stereocenters. The van der Waals surface area contributed by atoms with Crippen molar-refractivity contribution in [1.82, 2.24) is 19.7 Å². The lowest BCUT2D eigenvalue weighted by molar-refractivity contribution is -0.0721. The summed E-state index contributed by atoms with van der Waals surface area (Å²) in [7, 11) is 0. The Hall–Kier alpha value is -4.76. The third-order valence-electron chi connectivity index (χ3n) is 8.43. The first-order valence-corrected chi connectivity index (χ1v) is 16.1. The zero-order chi connectivity index (χ0) is 32.2. The average molecular weight is 621 g/mol. The normalized spacial score (nSPS) is 18.0. The van der Waals surface area contributed by atoms with Crippen LogP contribution in [0.5, 0.6) is 5.75 Å². The molecule has 0 saturated carbocycles. The minimum Gasteiger partial charge on any atom is -0.490 e. The van der Waals surface area contributed by atoms with Gasteiger partial charge in [-0.15, -0.1) is 0 Å². The van der Waals surface area contributed by atoms with Gasteiger partial charge in [-0.25, -0.2) is 9.78 Å². The Labute approximate surface area is 268 Å². The van der Waals surface area contributed by atoms with Gasteiger partial charge in [0.15, 0.2) is 5.82 Å². The van der Waals surface area contributed by atoms with E-state index in [9.17, 15) is 9.59 Å². The van der Waals surface area contributed by atoms with Crippen molar-refractivity contribution in [3.8, 4) is 34.0 Å². The number of nitrogens with one attached hydrogen (secondary N) is 1. The second-order valence-corrected chi connectivity index (χ2v) is 12.0. The summed E-state index contributed by atoms with van der Waals surface area (Å²) in [5, 5.41) is 3.97. The molecule has 9 nitrogen and oxygen atoms in total. The Morgan fingerprint density at radius 2 is 1.67 bits per heavy atom. The van der Waals surface area contributed by atoms with E-state index in [-0.39, 0.29) is 23.9 Å². The standard InChI is InChI=1S/C37H40N4O5/c1-5-10-33-32(22-25-13-18-30(26-11-8-7-9-12-26)31(21-25)35-39-37(43)46-40-35)36(42)41(34(6-2)38-33)27-14-16-28(17-15-27)45-29-19-23(3)44-24(4)20-29/h7-9,11-18,21,23-24,29H,5-6,10,19-20,22H2,1-4H3,(H,39,40,43). The highest BCUT2D eigenvalue weighted by Gasteiger charge is 2.26. The zero-order valence-electron chi connectivity index (χ0n) is 26.8. The van der Waals surface area contributed by atoms with Gasteiger partial charge in [-0.05, 0) is 67.3 Å². The van der Waals surface area contributed by atoms with E-state index in [1.165, 1.54) is 0 Å². The Morgan fingerprint density at radius 3 is 2.33 bits per heavy atom. The summed E-state index contributed by atoms with van der Waals surface area (Å²) in [5.41, 5.74) is 5.61. The fraction of sp³-hybridized carbons (Fsp3) is 0.351.